The van der Waals surface area contributed by atoms with Crippen molar-refractivity contribution in [3.63, 3.8) is 0 Å². The minimum atomic E-state index is -4.76. The highest BCUT2D eigenvalue weighted by Gasteiger charge is 2.28. The number of halogens is 2. The van der Waals surface area contributed by atoms with Crippen LogP contribution in [-0.4, -0.2) is 54.2 Å². The van der Waals surface area contributed by atoms with Crippen molar-refractivity contribution in [3.8, 4) is 0 Å². The van der Waals surface area contributed by atoms with Crippen LogP contribution in [0, 0.1) is 0 Å². The summed E-state index contributed by atoms with van der Waals surface area (Å²) in [6.45, 7) is 0.792. The summed E-state index contributed by atoms with van der Waals surface area (Å²) in [5.41, 5.74) is 0.272. The molecule has 3 aromatic rings. The van der Waals surface area contributed by atoms with Gasteiger partial charge in [0.1, 0.15) is 5.82 Å². The summed E-state index contributed by atoms with van der Waals surface area (Å²) in [5, 5.41) is 0.425. The first-order chi connectivity index (χ1) is 15.8. The van der Waals surface area contributed by atoms with Gasteiger partial charge in [-0.3, -0.25) is 9.59 Å². The second-order valence-electron chi connectivity index (χ2n) is 7.68. The molecule has 1 aromatic heterocycles. The van der Waals surface area contributed by atoms with Crippen LogP contribution >= 0.6 is 0 Å². The van der Waals surface area contributed by atoms with Crippen molar-refractivity contribution >= 4 is 26.6 Å². The zero-order valence-electron chi connectivity index (χ0n) is 17.4. The Morgan fingerprint density at radius 2 is 1.91 bits per heavy atom. The first kappa shape index (κ1) is 23.0. The van der Waals surface area contributed by atoms with E-state index in [2.05, 4.69) is 9.97 Å². The lowest BCUT2D eigenvalue weighted by Gasteiger charge is -2.25. The number of hydrogen-bond acceptors (Lipinski definition) is 6. The van der Waals surface area contributed by atoms with Crippen molar-refractivity contribution in [2.24, 2.45) is 0 Å². The lowest BCUT2D eigenvalue weighted by molar-refractivity contribution is 0.0501. The number of amides is 1. The number of benzene rings is 2. The van der Waals surface area contributed by atoms with Gasteiger partial charge in [0.15, 0.2) is 0 Å². The lowest BCUT2D eigenvalue weighted by atomic mass is 10.1. The Balaban J connectivity index is 1.63. The van der Waals surface area contributed by atoms with Gasteiger partial charge in [-0.05, 0) is 49.2 Å². The normalized spacial score (nSPS) is 16.4. The van der Waals surface area contributed by atoms with E-state index in [0.29, 0.717) is 17.5 Å². The number of ether oxygens (including phenoxy) is 1. The zero-order valence-corrected chi connectivity index (χ0v) is 18.2. The Morgan fingerprint density at radius 1 is 1.18 bits per heavy atom. The number of fused-ring (bicyclic) bond motifs is 1. The van der Waals surface area contributed by atoms with Crippen LogP contribution in [-0.2, 0) is 21.1 Å². The molecule has 2 heterocycles. The van der Waals surface area contributed by atoms with Gasteiger partial charge in [-0.2, -0.15) is 8.78 Å². The molecule has 8 nitrogen and oxygen atoms in total. The monoisotopic (exact) mass is 477 g/mol. The fraction of sp³-hybridized carbons (Fsp3) is 0.318. The first-order valence-corrected chi connectivity index (χ1v) is 11.8. The van der Waals surface area contributed by atoms with Gasteiger partial charge in [-0.25, -0.2) is 13.4 Å². The molecule has 4 rings (SSSR count). The van der Waals surface area contributed by atoms with E-state index in [1.165, 1.54) is 17.0 Å². The summed E-state index contributed by atoms with van der Waals surface area (Å²) in [7, 11) is -4.76. The lowest BCUT2D eigenvalue weighted by Crippen LogP contribution is -2.38. The Bertz CT molecular complexity index is 1320. The van der Waals surface area contributed by atoms with Crippen LogP contribution < -0.4 is 5.56 Å². The van der Waals surface area contributed by atoms with Crippen molar-refractivity contribution in [2.75, 3.05) is 13.2 Å². The van der Waals surface area contributed by atoms with Gasteiger partial charge in [-0.1, -0.05) is 12.1 Å². The van der Waals surface area contributed by atoms with Crippen molar-refractivity contribution in [3.05, 3.63) is 70.3 Å². The number of carbonyl (C=O) groups excluding carboxylic acids is 1. The molecular weight excluding hydrogens is 456 g/mol. The molecule has 11 heteroatoms. The SMILES string of the molecule is O=C(c1ccc(S(=O)(=O)C(F)F)cc1)N(Cc1nc2ccccc2c(=O)[nH]1)CC1CCCO1. The third-order valence-corrected chi connectivity index (χ3v) is 6.80. The van der Waals surface area contributed by atoms with Gasteiger partial charge in [-0.15, -0.1) is 0 Å². The van der Waals surface area contributed by atoms with Gasteiger partial charge in [0, 0.05) is 18.7 Å². The quantitative estimate of drug-likeness (QED) is 0.561. The second-order valence-corrected chi connectivity index (χ2v) is 9.60. The predicted molar refractivity (Wildman–Crippen MR) is 116 cm³/mol. The largest absolute Gasteiger partial charge is 0.376 e. The molecule has 1 amide bonds. The number of nitrogens with zero attached hydrogens (tertiary/aromatic N) is 2. The van der Waals surface area contributed by atoms with Crippen LogP contribution in [0.15, 0.2) is 58.2 Å². The van der Waals surface area contributed by atoms with Gasteiger partial charge in [0.2, 0.25) is 9.84 Å². The van der Waals surface area contributed by atoms with E-state index in [0.717, 1.165) is 25.0 Å². The van der Waals surface area contributed by atoms with Gasteiger partial charge >= 0.3 is 5.76 Å². The molecule has 1 saturated heterocycles. The van der Waals surface area contributed by atoms with E-state index in [1.807, 2.05) is 0 Å². The summed E-state index contributed by atoms with van der Waals surface area (Å²) in [6, 6.07) is 11.2. The van der Waals surface area contributed by atoms with Crippen LogP contribution in [0.3, 0.4) is 0 Å². The minimum Gasteiger partial charge on any atom is -0.376 e. The molecule has 1 aliphatic rings. The number of alkyl halides is 2. The van der Waals surface area contributed by atoms with Gasteiger partial charge in [0.05, 0.1) is 28.4 Å². The molecule has 0 saturated carbocycles. The van der Waals surface area contributed by atoms with E-state index >= 15 is 0 Å². The summed E-state index contributed by atoms with van der Waals surface area (Å²) < 4.78 is 54.5. The standard InChI is InChI=1S/C22H21F2N3O5S/c23-22(24)33(30,31)16-9-7-14(8-10-16)21(29)27(12-15-4-3-11-32-15)13-19-25-18-6-2-1-5-17(18)20(28)26-19/h1-2,5-10,15,22H,3-4,11-13H2,(H,25,26,28). The predicted octanol–water partition coefficient (Wildman–Crippen LogP) is 2.74. The van der Waals surface area contributed by atoms with Crippen LogP contribution in [0.1, 0.15) is 29.0 Å². The Kier molecular flexibility index (Phi) is 6.52. The molecule has 0 spiro atoms. The fourth-order valence-electron chi connectivity index (χ4n) is 3.72. The van der Waals surface area contributed by atoms with Crippen LogP contribution in [0.2, 0.25) is 0 Å². The van der Waals surface area contributed by atoms with E-state index in [9.17, 15) is 26.8 Å². The highest BCUT2D eigenvalue weighted by molar-refractivity contribution is 7.91. The maximum absolute atomic E-state index is 13.2. The molecular formula is C22H21F2N3O5S. The Labute approximate surface area is 188 Å². The summed E-state index contributed by atoms with van der Waals surface area (Å²) in [4.78, 5) is 33.6. The number of aromatic amines is 1. The van der Waals surface area contributed by atoms with E-state index in [1.54, 1.807) is 24.3 Å². The van der Waals surface area contributed by atoms with Gasteiger partial charge in [0.25, 0.3) is 11.5 Å². The number of para-hydroxylation sites is 1. The molecule has 0 radical (unpaired) electrons. The minimum absolute atomic E-state index is 0.0180. The molecule has 0 aliphatic carbocycles. The summed E-state index contributed by atoms with van der Waals surface area (Å²) in [5.74, 6) is -3.74. The number of aromatic nitrogens is 2. The van der Waals surface area contributed by atoms with Crippen LogP contribution in [0.25, 0.3) is 10.9 Å². The fourth-order valence-corrected chi connectivity index (χ4v) is 4.44. The molecule has 174 valence electrons. The van der Waals surface area contributed by atoms with Crippen molar-refractivity contribution in [1.82, 2.24) is 14.9 Å². The third-order valence-electron chi connectivity index (χ3n) is 5.40. The number of rotatable bonds is 7. The molecule has 2 aromatic carbocycles. The number of nitrogens with one attached hydrogen (secondary N) is 1. The van der Waals surface area contributed by atoms with Crippen molar-refractivity contribution in [1.29, 1.82) is 0 Å². The molecule has 33 heavy (non-hydrogen) atoms. The number of H-pyrrole nitrogens is 1. The average Bonchev–Trinajstić information content (AvgIpc) is 3.31. The molecule has 1 aliphatic heterocycles. The molecule has 1 unspecified atom stereocenters. The molecule has 1 fully saturated rings. The summed E-state index contributed by atoms with van der Waals surface area (Å²) in [6.07, 6.45) is 1.43. The highest BCUT2D eigenvalue weighted by atomic mass is 32.2. The van der Waals surface area contributed by atoms with Gasteiger partial charge < -0.3 is 14.6 Å². The third kappa shape index (κ3) is 4.93. The van der Waals surface area contributed by atoms with Crippen LogP contribution in [0.5, 0.6) is 0 Å². The number of hydrogen-bond donors (Lipinski definition) is 1. The molecule has 1 N–H and O–H groups in total. The highest BCUT2D eigenvalue weighted by Crippen LogP contribution is 2.21. The van der Waals surface area contributed by atoms with E-state index < -0.39 is 26.4 Å². The Morgan fingerprint density at radius 3 is 2.58 bits per heavy atom. The molecule has 0 bridgehead atoms. The van der Waals surface area contributed by atoms with Crippen LogP contribution in [0.4, 0.5) is 8.78 Å². The Hall–Kier alpha value is -3.18. The number of sulfone groups is 1. The maximum Gasteiger partial charge on any atom is 0.341 e. The molecule has 1 atom stereocenters. The topological polar surface area (TPSA) is 109 Å². The number of carbonyl (C=O) groups is 1. The second kappa shape index (κ2) is 9.36. The average molecular weight is 477 g/mol. The maximum atomic E-state index is 13.2. The van der Waals surface area contributed by atoms with Crippen molar-refractivity contribution < 1.29 is 26.7 Å². The first-order valence-electron chi connectivity index (χ1n) is 10.3. The zero-order chi connectivity index (χ0) is 23.6. The smallest absolute Gasteiger partial charge is 0.341 e. The van der Waals surface area contributed by atoms with E-state index in [-0.39, 0.29) is 36.1 Å². The van der Waals surface area contributed by atoms with Crippen molar-refractivity contribution in [2.45, 2.75) is 36.1 Å². The van der Waals surface area contributed by atoms with E-state index in [4.69, 9.17) is 4.74 Å². The summed E-state index contributed by atoms with van der Waals surface area (Å²) >= 11 is 0.